The van der Waals surface area contributed by atoms with Crippen LogP contribution in [0.25, 0.3) is 11.0 Å². The minimum atomic E-state index is -0.563. The summed E-state index contributed by atoms with van der Waals surface area (Å²) in [5.41, 5.74) is 0.349. The summed E-state index contributed by atoms with van der Waals surface area (Å²) in [6, 6.07) is 1.74. The monoisotopic (exact) mass is 372 g/mol. The van der Waals surface area contributed by atoms with Crippen molar-refractivity contribution in [2.24, 2.45) is 0 Å². The molecule has 0 bridgehead atoms. The van der Waals surface area contributed by atoms with Crippen molar-refractivity contribution >= 4 is 16.9 Å². The quantitative estimate of drug-likeness (QED) is 0.874. The van der Waals surface area contributed by atoms with E-state index in [4.69, 9.17) is 4.74 Å². The van der Waals surface area contributed by atoms with Crippen LogP contribution in [0.2, 0.25) is 0 Å². The molecule has 3 heterocycles. The van der Waals surface area contributed by atoms with Crippen LogP contribution in [-0.4, -0.2) is 50.6 Å². The molecule has 1 saturated heterocycles. The van der Waals surface area contributed by atoms with Gasteiger partial charge in [-0.2, -0.15) is 0 Å². The van der Waals surface area contributed by atoms with Crippen LogP contribution in [0.4, 0.5) is 0 Å². The average molecular weight is 372 g/mol. The topological polar surface area (TPSA) is 97.3 Å². The first-order chi connectivity index (χ1) is 12.9. The van der Waals surface area contributed by atoms with Gasteiger partial charge >= 0.3 is 5.69 Å². The molecule has 1 amide bonds. The van der Waals surface area contributed by atoms with E-state index in [1.807, 2.05) is 20.8 Å². The molecule has 1 N–H and O–H groups in total. The second-order valence-corrected chi connectivity index (χ2v) is 7.54. The summed E-state index contributed by atoms with van der Waals surface area (Å²) in [6.45, 7) is 6.98. The SMILES string of the molecule is CCn1c(=O)[nH]c(=O)c2c(C(=O)N3CC(C)OC(C)C3)cc(C3CC3)nc21. The lowest BCUT2D eigenvalue weighted by atomic mass is 10.1. The Labute approximate surface area is 156 Å². The smallest absolute Gasteiger partial charge is 0.329 e. The number of aryl methyl sites for hydroxylation is 1. The molecule has 2 unspecified atom stereocenters. The zero-order valence-corrected chi connectivity index (χ0v) is 15.8. The van der Waals surface area contributed by atoms with Gasteiger partial charge in [-0.15, -0.1) is 0 Å². The van der Waals surface area contributed by atoms with Crippen molar-refractivity contribution in [2.45, 2.75) is 58.3 Å². The fraction of sp³-hybridized carbons (Fsp3) is 0.579. The highest BCUT2D eigenvalue weighted by atomic mass is 16.5. The fourth-order valence-corrected chi connectivity index (χ4v) is 3.86. The molecule has 2 aromatic rings. The number of nitrogens with zero attached hydrogens (tertiary/aromatic N) is 3. The van der Waals surface area contributed by atoms with Crippen molar-refractivity contribution in [1.82, 2.24) is 19.4 Å². The Balaban J connectivity index is 1.92. The lowest BCUT2D eigenvalue weighted by Gasteiger charge is -2.35. The molecule has 144 valence electrons. The zero-order valence-electron chi connectivity index (χ0n) is 15.8. The van der Waals surface area contributed by atoms with Crippen LogP contribution in [0, 0.1) is 0 Å². The highest BCUT2D eigenvalue weighted by Crippen LogP contribution is 2.40. The number of hydrogen-bond acceptors (Lipinski definition) is 5. The Morgan fingerprint density at radius 3 is 2.52 bits per heavy atom. The van der Waals surface area contributed by atoms with Gasteiger partial charge in [0.25, 0.3) is 11.5 Å². The molecular formula is C19H24N4O4. The van der Waals surface area contributed by atoms with E-state index in [0.717, 1.165) is 18.5 Å². The highest BCUT2D eigenvalue weighted by molar-refractivity contribution is 6.05. The molecule has 1 aliphatic carbocycles. The largest absolute Gasteiger partial charge is 0.372 e. The van der Waals surface area contributed by atoms with Crippen molar-refractivity contribution in [3.63, 3.8) is 0 Å². The van der Waals surface area contributed by atoms with Crippen LogP contribution in [-0.2, 0) is 11.3 Å². The number of fused-ring (bicyclic) bond motifs is 1. The third-order valence-electron chi connectivity index (χ3n) is 5.22. The second kappa shape index (κ2) is 6.60. The molecule has 8 nitrogen and oxygen atoms in total. The number of carbonyl (C=O) groups excluding carboxylic acids is 1. The summed E-state index contributed by atoms with van der Waals surface area (Å²) in [5.74, 6) is 0.0845. The number of ether oxygens (including phenoxy) is 1. The van der Waals surface area contributed by atoms with Gasteiger partial charge in [0.15, 0.2) is 5.65 Å². The Hall–Kier alpha value is -2.48. The number of amides is 1. The number of hydrogen-bond donors (Lipinski definition) is 1. The molecule has 1 aliphatic heterocycles. The predicted octanol–water partition coefficient (Wildman–Crippen LogP) is 1.23. The van der Waals surface area contributed by atoms with E-state index < -0.39 is 11.2 Å². The summed E-state index contributed by atoms with van der Waals surface area (Å²) in [7, 11) is 0. The number of aromatic nitrogens is 3. The van der Waals surface area contributed by atoms with Crippen LogP contribution in [0.15, 0.2) is 15.7 Å². The maximum absolute atomic E-state index is 13.3. The van der Waals surface area contributed by atoms with Crippen LogP contribution >= 0.6 is 0 Å². The fourth-order valence-electron chi connectivity index (χ4n) is 3.86. The number of morpholine rings is 1. The predicted molar refractivity (Wildman–Crippen MR) is 100 cm³/mol. The van der Waals surface area contributed by atoms with Gasteiger partial charge in [0.1, 0.15) is 0 Å². The number of carbonyl (C=O) groups is 1. The first kappa shape index (κ1) is 17.9. The first-order valence-corrected chi connectivity index (χ1v) is 9.51. The zero-order chi connectivity index (χ0) is 19.3. The Kier molecular flexibility index (Phi) is 4.38. The molecule has 4 rings (SSSR count). The average Bonchev–Trinajstić information content (AvgIpc) is 3.44. The number of rotatable bonds is 3. The van der Waals surface area contributed by atoms with Crippen molar-refractivity contribution in [3.8, 4) is 0 Å². The van der Waals surface area contributed by atoms with Crippen molar-refractivity contribution in [1.29, 1.82) is 0 Å². The summed E-state index contributed by atoms with van der Waals surface area (Å²) < 4.78 is 7.14. The normalized spacial score (nSPS) is 23.0. The lowest BCUT2D eigenvalue weighted by molar-refractivity contribution is -0.0585. The molecule has 0 radical (unpaired) electrons. The van der Waals surface area contributed by atoms with E-state index in [2.05, 4.69) is 9.97 Å². The highest BCUT2D eigenvalue weighted by Gasteiger charge is 2.32. The third-order valence-corrected chi connectivity index (χ3v) is 5.22. The molecular weight excluding hydrogens is 348 g/mol. The molecule has 1 saturated carbocycles. The Bertz CT molecular complexity index is 1010. The van der Waals surface area contributed by atoms with E-state index in [1.165, 1.54) is 4.57 Å². The summed E-state index contributed by atoms with van der Waals surface area (Å²) in [6.07, 6.45) is 1.89. The van der Waals surface area contributed by atoms with Crippen LogP contribution < -0.4 is 11.2 Å². The number of nitrogens with one attached hydrogen (secondary N) is 1. The van der Waals surface area contributed by atoms with Gasteiger partial charge in [-0.1, -0.05) is 0 Å². The van der Waals surface area contributed by atoms with Crippen molar-refractivity contribution in [3.05, 3.63) is 38.2 Å². The van der Waals surface area contributed by atoms with Crippen molar-refractivity contribution in [2.75, 3.05) is 13.1 Å². The molecule has 2 aromatic heterocycles. The van der Waals surface area contributed by atoms with Gasteiger partial charge in [-0.25, -0.2) is 9.78 Å². The van der Waals surface area contributed by atoms with E-state index >= 15 is 0 Å². The summed E-state index contributed by atoms with van der Waals surface area (Å²) in [4.78, 5) is 46.8. The van der Waals surface area contributed by atoms with Crippen LogP contribution in [0.3, 0.4) is 0 Å². The van der Waals surface area contributed by atoms with E-state index in [1.54, 1.807) is 11.0 Å². The van der Waals surface area contributed by atoms with Gasteiger partial charge in [0.2, 0.25) is 0 Å². The molecule has 0 aromatic carbocycles. The Morgan fingerprint density at radius 1 is 1.26 bits per heavy atom. The summed E-state index contributed by atoms with van der Waals surface area (Å²) >= 11 is 0. The molecule has 2 atom stereocenters. The maximum Gasteiger partial charge on any atom is 0.329 e. The Morgan fingerprint density at radius 2 is 1.93 bits per heavy atom. The number of aromatic amines is 1. The van der Waals surface area contributed by atoms with E-state index in [0.29, 0.717) is 36.8 Å². The van der Waals surface area contributed by atoms with Crippen LogP contribution in [0.5, 0.6) is 0 Å². The van der Waals surface area contributed by atoms with E-state index in [9.17, 15) is 14.4 Å². The second-order valence-electron chi connectivity index (χ2n) is 7.54. The minimum absolute atomic E-state index is 0.0687. The summed E-state index contributed by atoms with van der Waals surface area (Å²) in [5, 5.41) is 0.192. The van der Waals surface area contributed by atoms with Gasteiger partial charge in [0.05, 0.1) is 23.2 Å². The maximum atomic E-state index is 13.3. The lowest BCUT2D eigenvalue weighted by Crippen LogP contribution is -2.48. The number of H-pyrrole nitrogens is 1. The molecule has 2 aliphatic rings. The molecule has 8 heteroatoms. The minimum Gasteiger partial charge on any atom is -0.372 e. The molecule has 27 heavy (non-hydrogen) atoms. The van der Waals surface area contributed by atoms with Crippen LogP contribution in [0.1, 0.15) is 55.6 Å². The van der Waals surface area contributed by atoms with Gasteiger partial charge in [0, 0.05) is 31.2 Å². The molecule has 2 fully saturated rings. The third kappa shape index (κ3) is 3.18. The van der Waals surface area contributed by atoms with E-state index in [-0.39, 0.29) is 23.5 Å². The molecule has 0 spiro atoms. The van der Waals surface area contributed by atoms with Gasteiger partial charge in [-0.3, -0.25) is 19.1 Å². The van der Waals surface area contributed by atoms with Gasteiger partial charge < -0.3 is 9.64 Å². The number of pyridine rings is 1. The standard InChI is InChI=1S/C19H24N4O4/c1-4-23-16-15(17(24)21-19(23)26)13(7-14(20-16)12-5-6-12)18(25)22-8-10(2)27-11(3)9-22/h7,10-12H,4-6,8-9H2,1-3H3,(H,21,24,26). The van der Waals surface area contributed by atoms with Gasteiger partial charge in [-0.05, 0) is 39.7 Å². The van der Waals surface area contributed by atoms with Crippen molar-refractivity contribution < 1.29 is 9.53 Å². The first-order valence-electron chi connectivity index (χ1n) is 9.51.